The van der Waals surface area contributed by atoms with E-state index in [1.54, 1.807) is 7.11 Å². The highest BCUT2D eigenvalue weighted by atomic mass is 16.7. The minimum absolute atomic E-state index is 0.296. The van der Waals surface area contributed by atoms with Gasteiger partial charge < -0.3 is 9.47 Å². The van der Waals surface area contributed by atoms with E-state index in [4.69, 9.17) is 9.47 Å². The van der Waals surface area contributed by atoms with Crippen LogP contribution in [0.4, 0.5) is 0 Å². The second-order valence-electron chi connectivity index (χ2n) is 2.53. The van der Waals surface area contributed by atoms with E-state index in [0.717, 1.165) is 5.88 Å². The molecule has 0 bridgehead atoms. The van der Waals surface area contributed by atoms with Crippen molar-refractivity contribution < 1.29 is 9.47 Å². The summed E-state index contributed by atoms with van der Waals surface area (Å²) in [4.78, 5) is 0. The molecule has 1 unspecified atom stereocenters. The van der Waals surface area contributed by atoms with Crippen LogP contribution < -0.4 is 5.43 Å². The molecule has 0 saturated heterocycles. The summed E-state index contributed by atoms with van der Waals surface area (Å²) in [6.45, 7) is 2.35. The van der Waals surface area contributed by atoms with Crippen LogP contribution in [0.3, 0.4) is 0 Å². The van der Waals surface area contributed by atoms with Gasteiger partial charge in [-0.2, -0.15) is 0 Å². The van der Waals surface area contributed by atoms with E-state index in [1.807, 2.05) is 18.1 Å². The molecule has 1 heterocycles. The van der Waals surface area contributed by atoms with E-state index in [9.17, 15) is 0 Å². The molecule has 64 valence electrons. The minimum Gasteiger partial charge on any atom is -0.451 e. The Morgan fingerprint density at radius 2 is 2.45 bits per heavy atom. The summed E-state index contributed by atoms with van der Waals surface area (Å²) >= 11 is 0. The molecule has 0 saturated carbocycles. The second kappa shape index (κ2) is 3.59. The molecule has 0 radical (unpaired) electrons. The monoisotopic (exact) mass is 158 g/mol. The molecular weight excluding hydrogens is 144 g/mol. The molecule has 0 aromatic heterocycles. The predicted molar refractivity (Wildman–Crippen MR) is 41.4 cm³/mol. The van der Waals surface area contributed by atoms with Gasteiger partial charge in [0.05, 0.1) is 0 Å². The van der Waals surface area contributed by atoms with Crippen LogP contribution in [0.2, 0.25) is 0 Å². The highest BCUT2D eigenvalue weighted by Gasteiger charge is 2.16. The Morgan fingerprint density at radius 1 is 1.73 bits per heavy atom. The lowest BCUT2D eigenvalue weighted by atomic mass is 10.4. The average molecular weight is 158 g/mol. The van der Waals surface area contributed by atoms with Crippen molar-refractivity contribution in [3.8, 4) is 0 Å². The van der Waals surface area contributed by atoms with Crippen LogP contribution >= 0.6 is 0 Å². The third-order valence-electron chi connectivity index (χ3n) is 1.45. The second-order valence-corrected chi connectivity index (χ2v) is 2.53. The van der Waals surface area contributed by atoms with Gasteiger partial charge in [-0.3, -0.25) is 5.01 Å². The van der Waals surface area contributed by atoms with Crippen LogP contribution in [0, 0.1) is 0 Å². The minimum atomic E-state index is 0.296. The number of hydrogen-bond acceptors (Lipinski definition) is 4. The van der Waals surface area contributed by atoms with Crippen molar-refractivity contribution in [2.45, 2.75) is 13.0 Å². The van der Waals surface area contributed by atoms with E-state index in [-0.39, 0.29) is 0 Å². The Bertz CT molecular complexity index is 159. The van der Waals surface area contributed by atoms with Gasteiger partial charge in [-0.05, 0) is 13.0 Å². The Hall–Kier alpha value is -0.740. The van der Waals surface area contributed by atoms with Gasteiger partial charge in [0.15, 0.2) is 6.79 Å². The van der Waals surface area contributed by atoms with E-state index in [2.05, 4.69) is 12.3 Å². The molecular formula is C7H14N2O2. The molecule has 0 spiro atoms. The van der Waals surface area contributed by atoms with Crippen molar-refractivity contribution in [3.63, 3.8) is 0 Å². The number of nitrogens with one attached hydrogen (secondary N) is 1. The molecule has 1 N–H and O–H groups in total. The van der Waals surface area contributed by atoms with Gasteiger partial charge in [-0.25, -0.2) is 5.43 Å². The standard InChI is InChI=1S/C7H14N2O2/c1-6-4-7(9(2)8-6)11-5-10-3/h4,6,8H,5H2,1-3H3. The van der Waals surface area contributed by atoms with Crippen LogP contribution in [-0.4, -0.2) is 32.0 Å². The van der Waals surface area contributed by atoms with Gasteiger partial charge >= 0.3 is 0 Å². The molecule has 1 aliphatic heterocycles. The van der Waals surface area contributed by atoms with Gasteiger partial charge in [0.25, 0.3) is 0 Å². The number of hydrazine groups is 1. The van der Waals surface area contributed by atoms with E-state index in [0.29, 0.717) is 12.8 Å². The lowest BCUT2D eigenvalue weighted by molar-refractivity contribution is -0.0235. The first kappa shape index (κ1) is 8.36. The van der Waals surface area contributed by atoms with Crippen LogP contribution in [0.1, 0.15) is 6.92 Å². The zero-order chi connectivity index (χ0) is 8.27. The van der Waals surface area contributed by atoms with Gasteiger partial charge in [0.1, 0.15) is 0 Å². The van der Waals surface area contributed by atoms with Crippen LogP contribution in [0.15, 0.2) is 12.0 Å². The smallest absolute Gasteiger partial charge is 0.203 e. The molecule has 1 aliphatic rings. The third kappa shape index (κ3) is 2.10. The van der Waals surface area contributed by atoms with Crippen LogP contribution in [0.25, 0.3) is 0 Å². The fourth-order valence-electron chi connectivity index (χ4n) is 0.996. The van der Waals surface area contributed by atoms with Crippen molar-refractivity contribution in [2.24, 2.45) is 0 Å². The maximum Gasteiger partial charge on any atom is 0.203 e. The SMILES string of the molecule is COCOC1=CC(C)NN1C. The Kier molecular flexibility index (Phi) is 2.73. The van der Waals surface area contributed by atoms with Crippen LogP contribution in [0.5, 0.6) is 0 Å². The maximum atomic E-state index is 5.24. The van der Waals surface area contributed by atoms with E-state index >= 15 is 0 Å². The average Bonchev–Trinajstić information content (AvgIpc) is 2.26. The Morgan fingerprint density at radius 3 is 2.91 bits per heavy atom. The summed E-state index contributed by atoms with van der Waals surface area (Å²) in [6.07, 6.45) is 2.00. The van der Waals surface area contributed by atoms with Gasteiger partial charge in [-0.15, -0.1) is 0 Å². The Labute approximate surface area is 66.7 Å². The summed E-state index contributed by atoms with van der Waals surface area (Å²) in [5, 5.41) is 1.84. The first-order valence-electron chi connectivity index (χ1n) is 3.57. The molecule has 11 heavy (non-hydrogen) atoms. The van der Waals surface area contributed by atoms with Crippen LogP contribution in [-0.2, 0) is 9.47 Å². The summed E-state index contributed by atoms with van der Waals surface area (Å²) in [6, 6.07) is 0.340. The number of hydrogen-bond donors (Lipinski definition) is 1. The lowest BCUT2D eigenvalue weighted by Crippen LogP contribution is -2.32. The highest BCUT2D eigenvalue weighted by molar-refractivity contribution is 5.02. The van der Waals surface area contributed by atoms with E-state index in [1.165, 1.54) is 0 Å². The fourth-order valence-corrected chi connectivity index (χ4v) is 0.996. The zero-order valence-corrected chi connectivity index (χ0v) is 7.13. The predicted octanol–water partition coefficient (Wildman–Crippen LogP) is 0.287. The lowest BCUT2D eigenvalue weighted by Gasteiger charge is -2.16. The van der Waals surface area contributed by atoms with Crippen molar-refractivity contribution in [2.75, 3.05) is 21.0 Å². The molecule has 0 aromatic carbocycles. The van der Waals surface area contributed by atoms with Crippen molar-refractivity contribution >= 4 is 0 Å². The molecule has 0 aliphatic carbocycles. The van der Waals surface area contributed by atoms with Gasteiger partial charge in [-0.1, -0.05) is 0 Å². The topological polar surface area (TPSA) is 33.7 Å². The van der Waals surface area contributed by atoms with Gasteiger partial charge in [0.2, 0.25) is 5.88 Å². The summed E-state index contributed by atoms with van der Waals surface area (Å²) in [5.74, 6) is 0.819. The van der Waals surface area contributed by atoms with Crippen molar-refractivity contribution in [1.29, 1.82) is 0 Å². The number of rotatable bonds is 3. The fraction of sp³-hybridized carbons (Fsp3) is 0.714. The molecule has 0 amide bonds. The van der Waals surface area contributed by atoms with Gasteiger partial charge in [0, 0.05) is 20.2 Å². The zero-order valence-electron chi connectivity index (χ0n) is 7.13. The van der Waals surface area contributed by atoms with Crippen molar-refractivity contribution in [3.05, 3.63) is 12.0 Å². The quantitative estimate of drug-likeness (QED) is 0.598. The molecule has 4 heteroatoms. The molecule has 0 fully saturated rings. The third-order valence-corrected chi connectivity index (χ3v) is 1.45. The molecule has 0 aromatic rings. The normalized spacial score (nSPS) is 23.7. The summed E-state index contributed by atoms with van der Waals surface area (Å²) < 4.78 is 10.0. The number of nitrogens with zero attached hydrogens (tertiary/aromatic N) is 1. The first-order chi connectivity index (χ1) is 5.24. The molecule has 1 atom stereocenters. The first-order valence-corrected chi connectivity index (χ1v) is 3.57. The van der Waals surface area contributed by atoms with E-state index < -0.39 is 0 Å². The Balaban J connectivity index is 2.37. The molecule has 4 nitrogen and oxygen atoms in total. The number of ether oxygens (including phenoxy) is 2. The highest BCUT2D eigenvalue weighted by Crippen LogP contribution is 2.09. The summed E-state index contributed by atoms with van der Waals surface area (Å²) in [5.41, 5.74) is 3.14. The largest absolute Gasteiger partial charge is 0.451 e. The van der Waals surface area contributed by atoms with Crippen molar-refractivity contribution in [1.82, 2.24) is 10.4 Å². The summed E-state index contributed by atoms with van der Waals surface area (Å²) in [7, 11) is 3.51. The maximum absolute atomic E-state index is 5.24. The number of methoxy groups -OCH3 is 1. The molecule has 1 rings (SSSR count).